The normalized spacial score (nSPS) is 10.6. The van der Waals surface area contributed by atoms with Crippen LogP contribution in [0.5, 0.6) is 5.75 Å². The summed E-state index contributed by atoms with van der Waals surface area (Å²) in [4.78, 5) is 0. The van der Waals surface area contributed by atoms with E-state index >= 15 is 4.39 Å². The first-order valence-corrected chi connectivity index (χ1v) is 10.5. The van der Waals surface area contributed by atoms with Crippen molar-refractivity contribution in [2.75, 3.05) is 6.61 Å². The smallest absolute Gasteiger partial charge is 0.135 e. The van der Waals surface area contributed by atoms with Crippen LogP contribution >= 0.6 is 0 Å². The summed E-state index contributed by atoms with van der Waals surface area (Å²) < 4.78 is 21.2. The SMILES string of the molecule is C=CCc1ccc(-c2ccc(-c3ccccc3)cc2)c(-c2ccc(OCC)cc2)c1F. The van der Waals surface area contributed by atoms with Gasteiger partial charge in [-0.15, -0.1) is 6.58 Å². The molecule has 0 aliphatic carbocycles. The molecule has 0 unspecified atom stereocenters. The van der Waals surface area contributed by atoms with Crippen LogP contribution in [0.1, 0.15) is 12.5 Å². The molecule has 0 radical (unpaired) electrons. The first kappa shape index (κ1) is 20.6. The molecule has 0 atom stereocenters. The molecule has 0 saturated heterocycles. The lowest BCUT2D eigenvalue weighted by Gasteiger charge is -2.15. The van der Waals surface area contributed by atoms with Crippen LogP contribution in [0.25, 0.3) is 33.4 Å². The highest BCUT2D eigenvalue weighted by Crippen LogP contribution is 2.37. The second kappa shape index (κ2) is 9.44. The molecule has 0 fully saturated rings. The van der Waals surface area contributed by atoms with Gasteiger partial charge in [0, 0.05) is 5.56 Å². The summed E-state index contributed by atoms with van der Waals surface area (Å²) in [7, 11) is 0. The number of benzene rings is 4. The lowest BCUT2D eigenvalue weighted by Crippen LogP contribution is -1.97. The van der Waals surface area contributed by atoms with Crippen LogP contribution in [0.3, 0.4) is 0 Å². The van der Waals surface area contributed by atoms with Crippen molar-refractivity contribution < 1.29 is 9.13 Å². The van der Waals surface area contributed by atoms with Crippen molar-refractivity contribution in [3.8, 4) is 39.1 Å². The first-order chi connectivity index (χ1) is 15.2. The van der Waals surface area contributed by atoms with Gasteiger partial charge in [0.2, 0.25) is 0 Å². The van der Waals surface area contributed by atoms with Gasteiger partial charge in [-0.2, -0.15) is 0 Å². The molecule has 0 aromatic heterocycles. The Labute approximate surface area is 183 Å². The zero-order valence-electron chi connectivity index (χ0n) is 17.6. The average molecular weight is 409 g/mol. The van der Waals surface area contributed by atoms with Crippen LogP contribution in [0.15, 0.2) is 104 Å². The number of rotatable bonds is 7. The lowest BCUT2D eigenvalue weighted by molar-refractivity contribution is 0.340. The number of halogens is 1. The van der Waals surface area contributed by atoms with E-state index in [2.05, 4.69) is 43.0 Å². The highest BCUT2D eigenvalue weighted by Gasteiger charge is 2.16. The third-order valence-corrected chi connectivity index (χ3v) is 5.34. The van der Waals surface area contributed by atoms with Crippen molar-refractivity contribution >= 4 is 0 Å². The van der Waals surface area contributed by atoms with E-state index in [1.54, 1.807) is 6.08 Å². The molecule has 4 aromatic rings. The molecule has 0 heterocycles. The molecular weight excluding hydrogens is 383 g/mol. The third-order valence-electron chi connectivity index (χ3n) is 5.34. The maximum atomic E-state index is 15.6. The van der Waals surface area contributed by atoms with Gasteiger partial charge in [-0.25, -0.2) is 4.39 Å². The fourth-order valence-electron chi connectivity index (χ4n) is 3.81. The molecule has 0 amide bonds. The van der Waals surface area contributed by atoms with Crippen molar-refractivity contribution in [1.29, 1.82) is 0 Å². The van der Waals surface area contributed by atoms with Crippen molar-refractivity contribution in [2.45, 2.75) is 13.3 Å². The number of hydrogen-bond donors (Lipinski definition) is 0. The molecule has 1 nitrogen and oxygen atoms in total. The molecule has 2 heteroatoms. The molecule has 0 spiro atoms. The predicted molar refractivity (Wildman–Crippen MR) is 128 cm³/mol. The molecule has 0 aliphatic rings. The minimum Gasteiger partial charge on any atom is -0.494 e. The fourth-order valence-corrected chi connectivity index (χ4v) is 3.81. The predicted octanol–water partition coefficient (Wildman–Crippen LogP) is 7.95. The van der Waals surface area contributed by atoms with Crippen LogP contribution in [0.4, 0.5) is 4.39 Å². The van der Waals surface area contributed by atoms with Crippen LogP contribution in [-0.2, 0) is 6.42 Å². The largest absolute Gasteiger partial charge is 0.494 e. The van der Waals surface area contributed by atoms with Gasteiger partial charge in [0.1, 0.15) is 11.6 Å². The van der Waals surface area contributed by atoms with Crippen LogP contribution in [-0.4, -0.2) is 6.61 Å². The third kappa shape index (κ3) is 4.44. The zero-order valence-corrected chi connectivity index (χ0v) is 17.6. The molecule has 31 heavy (non-hydrogen) atoms. The lowest BCUT2D eigenvalue weighted by atomic mass is 9.90. The summed E-state index contributed by atoms with van der Waals surface area (Å²) in [6, 6.07) is 30.0. The van der Waals surface area contributed by atoms with Crippen molar-refractivity contribution in [1.82, 2.24) is 0 Å². The minimum absolute atomic E-state index is 0.200. The standard InChI is InChI=1S/C29H25FO/c1-3-8-25-17-20-27(23-13-11-22(12-14-23)21-9-6-5-7-10-21)28(29(25)30)24-15-18-26(19-16-24)31-4-2/h3,5-7,9-20H,1,4,8H2,2H3. The highest BCUT2D eigenvalue weighted by molar-refractivity contribution is 5.85. The van der Waals surface area contributed by atoms with Crippen molar-refractivity contribution in [3.05, 3.63) is 115 Å². The molecule has 0 N–H and O–H groups in total. The van der Waals surface area contributed by atoms with E-state index in [0.29, 0.717) is 24.2 Å². The summed E-state index contributed by atoms with van der Waals surface area (Å²) in [6.07, 6.45) is 2.22. The van der Waals surface area contributed by atoms with E-state index < -0.39 is 0 Å². The maximum Gasteiger partial charge on any atom is 0.135 e. The van der Waals surface area contributed by atoms with Gasteiger partial charge in [0.05, 0.1) is 6.61 Å². The van der Waals surface area contributed by atoms with E-state index in [0.717, 1.165) is 33.6 Å². The van der Waals surface area contributed by atoms with E-state index in [1.807, 2.05) is 61.5 Å². The van der Waals surface area contributed by atoms with Gasteiger partial charge in [-0.1, -0.05) is 84.9 Å². The summed E-state index contributed by atoms with van der Waals surface area (Å²) in [6.45, 7) is 6.31. The number of ether oxygens (including phenoxy) is 1. The Hall–Kier alpha value is -3.65. The average Bonchev–Trinajstić information content (AvgIpc) is 2.82. The molecule has 0 bridgehead atoms. The Kier molecular flexibility index (Phi) is 6.28. The van der Waals surface area contributed by atoms with Gasteiger partial charge in [-0.05, 0) is 58.9 Å². The Morgan fingerprint density at radius 3 is 2.00 bits per heavy atom. The molecule has 4 aromatic carbocycles. The van der Waals surface area contributed by atoms with Gasteiger partial charge < -0.3 is 4.74 Å². The van der Waals surface area contributed by atoms with E-state index in [4.69, 9.17) is 4.74 Å². The minimum atomic E-state index is -0.200. The monoisotopic (exact) mass is 408 g/mol. The summed E-state index contributed by atoms with van der Waals surface area (Å²) in [5.41, 5.74) is 6.22. The van der Waals surface area contributed by atoms with E-state index in [-0.39, 0.29) is 5.82 Å². The molecule has 0 saturated carbocycles. The van der Waals surface area contributed by atoms with Crippen LogP contribution < -0.4 is 4.74 Å². The zero-order chi connectivity index (χ0) is 21.6. The second-order valence-corrected chi connectivity index (χ2v) is 7.35. The van der Waals surface area contributed by atoms with Gasteiger partial charge in [-0.3, -0.25) is 0 Å². The molecule has 4 rings (SSSR count). The second-order valence-electron chi connectivity index (χ2n) is 7.35. The van der Waals surface area contributed by atoms with Crippen LogP contribution in [0, 0.1) is 5.82 Å². The Morgan fingerprint density at radius 1 is 0.742 bits per heavy atom. The fraction of sp³-hybridized carbons (Fsp3) is 0.103. The van der Waals surface area contributed by atoms with Crippen molar-refractivity contribution in [3.63, 3.8) is 0 Å². The summed E-state index contributed by atoms with van der Waals surface area (Å²) in [5.74, 6) is 0.580. The molecular formula is C29H25FO. The van der Waals surface area contributed by atoms with Gasteiger partial charge in [0.25, 0.3) is 0 Å². The number of allylic oxidation sites excluding steroid dienone is 1. The quantitative estimate of drug-likeness (QED) is 0.282. The number of hydrogen-bond acceptors (Lipinski definition) is 1. The Bertz CT molecular complexity index is 1160. The summed E-state index contributed by atoms with van der Waals surface area (Å²) in [5, 5.41) is 0. The Balaban J connectivity index is 1.80. The maximum absolute atomic E-state index is 15.6. The van der Waals surface area contributed by atoms with E-state index in [9.17, 15) is 0 Å². The topological polar surface area (TPSA) is 9.23 Å². The Morgan fingerprint density at radius 2 is 1.35 bits per heavy atom. The molecule has 0 aliphatic heterocycles. The van der Waals surface area contributed by atoms with E-state index in [1.165, 1.54) is 0 Å². The van der Waals surface area contributed by atoms with Crippen LogP contribution in [0.2, 0.25) is 0 Å². The first-order valence-electron chi connectivity index (χ1n) is 10.5. The summed E-state index contributed by atoms with van der Waals surface area (Å²) >= 11 is 0. The van der Waals surface area contributed by atoms with Crippen molar-refractivity contribution in [2.24, 2.45) is 0 Å². The van der Waals surface area contributed by atoms with Gasteiger partial charge in [0.15, 0.2) is 0 Å². The van der Waals surface area contributed by atoms with Gasteiger partial charge >= 0.3 is 0 Å². The highest BCUT2D eigenvalue weighted by atomic mass is 19.1. The molecule has 154 valence electrons.